The molecule has 0 amide bonds. The minimum absolute atomic E-state index is 0.153. The Morgan fingerprint density at radius 2 is 1.88 bits per heavy atom. The van der Waals surface area contributed by atoms with Crippen molar-refractivity contribution in [3.63, 3.8) is 0 Å². The Balaban J connectivity index is 2.06. The summed E-state index contributed by atoms with van der Waals surface area (Å²) >= 11 is 0. The van der Waals surface area contributed by atoms with Gasteiger partial charge >= 0.3 is 0 Å². The summed E-state index contributed by atoms with van der Waals surface area (Å²) in [5, 5.41) is 9.74. The molecule has 2 aliphatic carbocycles. The molecule has 2 heteroatoms. The van der Waals surface area contributed by atoms with Crippen molar-refractivity contribution in [2.75, 3.05) is 13.7 Å². The minimum Gasteiger partial charge on any atom is -0.496 e. The lowest BCUT2D eigenvalue weighted by Crippen LogP contribution is -2.45. The van der Waals surface area contributed by atoms with E-state index in [1.807, 2.05) is 12.1 Å². The van der Waals surface area contributed by atoms with Crippen LogP contribution in [0.2, 0.25) is 0 Å². The van der Waals surface area contributed by atoms with Gasteiger partial charge in [0.05, 0.1) is 7.11 Å². The summed E-state index contributed by atoms with van der Waals surface area (Å²) in [5.41, 5.74) is 1.66. The lowest BCUT2D eigenvalue weighted by Gasteiger charge is -2.49. The van der Waals surface area contributed by atoms with Crippen molar-refractivity contribution in [2.24, 2.45) is 5.41 Å². The van der Waals surface area contributed by atoms with Crippen LogP contribution in [0.5, 0.6) is 5.75 Å². The van der Waals surface area contributed by atoms with Gasteiger partial charge in [0.15, 0.2) is 0 Å². The molecule has 92 valence electrons. The molecule has 0 spiro atoms. The van der Waals surface area contributed by atoms with Crippen LogP contribution >= 0.6 is 0 Å². The molecule has 1 aromatic rings. The third-order valence-electron chi connectivity index (χ3n) is 5.00. The topological polar surface area (TPSA) is 29.5 Å². The van der Waals surface area contributed by atoms with E-state index >= 15 is 0 Å². The largest absolute Gasteiger partial charge is 0.496 e. The maximum absolute atomic E-state index is 9.74. The standard InChI is InChI=1S/C15H20O2/c1-17-13-6-3-2-5-12(13)15(7-4-8-15)14(11-16)9-10-14/h2-3,5-6,16H,4,7-11H2,1H3. The molecule has 1 N–H and O–H groups in total. The quantitative estimate of drug-likeness (QED) is 0.865. The average molecular weight is 232 g/mol. The molecule has 2 saturated carbocycles. The third-order valence-corrected chi connectivity index (χ3v) is 5.00. The van der Waals surface area contributed by atoms with Crippen LogP contribution in [0.1, 0.15) is 37.7 Å². The first-order valence-electron chi connectivity index (χ1n) is 6.52. The molecular weight excluding hydrogens is 212 g/mol. The summed E-state index contributed by atoms with van der Waals surface area (Å²) in [6, 6.07) is 8.34. The molecule has 0 saturated heterocycles. The monoisotopic (exact) mass is 232 g/mol. The fourth-order valence-electron chi connectivity index (χ4n) is 3.59. The maximum Gasteiger partial charge on any atom is 0.122 e. The molecular formula is C15H20O2. The second-order valence-corrected chi connectivity index (χ2v) is 5.57. The van der Waals surface area contributed by atoms with E-state index in [1.165, 1.54) is 37.7 Å². The first-order valence-corrected chi connectivity index (χ1v) is 6.52. The first-order chi connectivity index (χ1) is 8.28. The third kappa shape index (κ3) is 1.37. The van der Waals surface area contributed by atoms with E-state index in [4.69, 9.17) is 4.74 Å². The molecule has 0 atom stereocenters. The number of hydrogen-bond donors (Lipinski definition) is 1. The van der Waals surface area contributed by atoms with Crippen LogP contribution in [0, 0.1) is 5.41 Å². The molecule has 1 aromatic carbocycles. The SMILES string of the molecule is COc1ccccc1C1(C2(CO)CC2)CCC1. The van der Waals surface area contributed by atoms with Gasteiger partial charge < -0.3 is 9.84 Å². The summed E-state index contributed by atoms with van der Waals surface area (Å²) in [6.07, 6.45) is 6.02. The van der Waals surface area contributed by atoms with Crippen molar-refractivity contribution >= 4 is 0 Å². The van der Waals surface area contributed by atoms with Gasteiger partial charge in [-0.05, 0) is 31.7 Å². The molecule has 2 fully saturated rings. The summed E-state index contributed by atoms with van der Waals surface area (Å²) in [4.78, 5) is 0. The minimum atomic E-state index is 0.153. The fourth-order valence-corrected chi connectivity index (χ4v) is 3.59. The number of methoxy groups -OCH3 is 1. The number of ether oxygens (including phenoxy) is 1. The van der Waals surface area contributed by atoms with E-state index in [0.717, 1.165) is 5.75 Å². The van der Waals surface area contributed by atoms with Crippen molar-refractivity contribution < 1.29 is 9.84 Å². The highest BCUT2D eigenvalue weighted by atomic mass is 16.5. The first kappa shape index (κ1) is 11.1. The van der Waals surface area contributed by atoms with Crippen LogP contribution in [0.3, 0.4) is 0 Å². The average Bonchev–Trinajstić information content (AvgIpc) is 3.10. The van der Waals surface area contributed by atoms with Crippen molar-refractivity contribution in [1.29, 1.82) is 0 Å². The number of benzene rings is 1. The molecule has 0 aromatic heterocycles. The Hall–Kier alpha value is -1.02. The van der Waals surface area contributed by atoms with E-state index < -0.39 is 0 Å². The second-order valence-electron chi connectivity index (χ2n) is 5.57. The zero-order valence-electron chi connectivity index (χ0n) is 10.4. The van der Waals surface area contributed by atoms with Gasteiger partial charge in [0.1, 0.15) is 5.75 Å². The van der Waals surface area contributed by atoms with Crippen LogP contribution in [0.25, 0.3) is 0 Å². The molecule has 0 bridgehead atoms. The van der Waals surface area contributed by atoms with E-state index in [0.29, 0.717) is 6.61 Å². The van der Waals surface area contributed by atoms with Crippen LogP contribution in [-0.4, -0.2) is 18.8 Å². The molecule has 3 rings (SSSR count). The number of aliphatic hydroxyl groups excluding tert-OH is 1. The highest BCUT2D eigenvalue weighted by Crippen LogP contribution is 2.68. The predicted molar refractivity (Wildman–Crippen MR) is 67.3 cm³/mol. The lowest BCUT2D eigenvalue weighted by atomic mass is 9.55. The van der Waals surface area contributed by atoms with Crippen LogP contribution in [0.15, 0.2) is 24.3 Å². The molecule has 0 unspecified atom stereocenters. The van der Waals surface area contributed by atoms with Gasteiger partial charge in [-0.3, -0.25) is 0 Å². The normalized spacial score (nSPS) is 23.9. The lowest BCUT2D eigenvalue weighted by molar-refractivity contribution is 0.0632. The number of rotatable bonds is 4. The maximum atomic E-state index is 9.74. The highest BCUT2D eigenvalue weighted by Gasteiger charge is 2.62. The van der Waals surface area contributed by atoms with E-state index in [1.54, 1.807) is 7.11 Å². The Kier molecular flexibility index (Phi) is 2.44. The zero-order chi connectivity index (χ0) is 11.9. The van der Waals surface area contributed by atoms with E-state index in [2.05, 4.69) is 12.1 Å². The van der Waals surface area contributed by atoms with Crippen molar-refractivity contribution in [3.8, 4) is 5.75 Å². The van der Waals surface area contributed by atoms with Gasteiger partial charge in [0.25, 0.3) is 0 Å². The Labute approximate surface area is 103 Å². The van der Waals surface area contributed by atoms with Crippen molar-refractivity contribution in [3.05, 3.63) is 29.8 Å². The smallest absolute Gasteiger partial charge is 0.122 e. The molecule has 0 heterocycles. The van der Waals surface area contributed by atoms with E-state index in [9.17, 15) is 5.11 Å². The van der Waals surface area contributed by atoms with Gasteiger partial charge in [-0.25, -0.2) is 0 Å². The predicted octanol–water partition coefficient (Wildman–Crippen LogP) is 2.89. The molecule has 0 aliphatic heterocycles. The summed E-state index contributed by atoms with van der Waals surface area (Å²) in [5.74, 6) is 0.993. The van der Waals surface area contributed by atoms with E-state index in [-0.39, 0.29) is 10.8 Å². The van der Waals surface area contributed by atoms with Crippen LogP contribution in [-0.2, 0) is 5.41 Å². The Morgan fingerprint density at radius 1 is 1.18 bits per heavy atom. The summed E-state index contributed by atoms with van der Waals surface area (Å²) in [7, 11) is 1.74. The summed E-state index contributed by atoms with van der Waals surface area (Å²) in [6.45, 7) is 0.324. The van der Waals surface area contributed by atoms with Gasteiger partial charge in [0.2, 0.25) is 0 Å². The molecule has 2 nitrogen and oxygen atoms in total. The summed E-state index contributed by atoms with van der Waals surface area (Å²) < 4.78 is 5.51. The molecule has 17 heavy (non-hydrogen) atoms. The van der Waals surface area contributed by atoms with Crippen molar-refractivity contribution in [1.82, 2.24) is 0 Å². The van der Waals surface area contributed by atoms with Gasteiger partial charge in [0, 0.05) is 23.0 Å². The fraction of sp³-hybridized carbons (Fsp3) is 0.600. The van der Waals surface area contributed by atoms with Crippen LogP contribution in [0.4, 0.5) is 0 Å². The Bertz CT molecular complexity index is 417. The number of hydrogen-bond acceptors (Lipinski definition) is 2. The van der Waals surface area contributed by atoms with Gasteiger partial charge in [-0.2, -0.15) is 0 Å². The number of para-hydroxylation sites is 1. The van der Waals surface area contributed by atoms with Crippen LogP contribution < -0.4 is 4.74 Å². The second kappa shape index (κ2) is 3.74. The molecule has 0 radical (unpaired) electrons. The van der Waals surface area contributed by atoms with Gasteiger partial charge in [-0.15, -0.1) is 0 Å². The number of aliphatic hydroxyl groups is 1. The Morgan fingerprint density at radius 3 is 2.35 bits per heavy atom. The van der Waals surface area contributed by atoms with Crippen molar-refractivity contribution in [2.45, 2.75) is 37.5 Å². The zero-order valence-corrected chi connectivity index (χ0v) is 10.4. The molecule has 2 aliphatic rings. The highest BCUT2D eigenvalue weighted by molar-refractivity contribution is 5.44. The van der Waals surface area contributed by atoms with Gasteiger partial charge in [-0.1, -0.05) is 24.6 Å².